The maximum Gasteiger partial charge on any atom is 0.262 e. The van der Waals surface area contributed by atoms with Crippen LogP contribution in [0.5, 0.6) is 11.5 Å². The van der Waals surface area contributed by atoms with Crippen molar-refractivity contribution >= 4 is 23.2 Å². The van der Waals surface area contributed by atoms with Gasteiger partial charge >= 0.3 is 0 Å². The Hall–Kier alpha value is -2.20. The number of anilines is 1. The predicted octanol–water partition coefficient (Wildman–Crippen LogP) is 5.71. The Morgan fingerprint density at radius 3 is 2.62 bits per heavy atom. The lowest BCUT2D eigenvalue weighted by Gasteiger charge is -2.10. The molecule has 1 N–H and O–H groups in total. The van der Waals surface area contributed by atoms with Crippen LogP contribution in [-0.2, 0) is 4.79 Å². The Morgan fingerprint density at radius 1 is 1.00 bits per heavy atom. The minimum absolute atomic E-state index is 0.105. The largest absolute Gasteiger partial charge is 0.494 e. The van der Waals surface area contributed by atoms with Gasteiger partial charge in [-0.1, -0.05) is 62.4 Å². The van der Waals surface area contributed by atoms with E-state index in [1.807, 2.05) is 36.4 Å². The lowest BCUT2D eigenvalue weighted by Crippen LogP contribution is -2.20. The van der Waals surface area contributed by atoms with Gasteiger partial charge in [0.05, 0.1) is 11.6 Å². The lowest BCUT2D eigenvalue weighted by molar-refractivity contribution is -0.118. The fourth-order valence-electron chi connectivity index (χ4n) is 2.46. The summed E-state index contributed by atoms with van der Waals surface area (Å²) in [6.07, 6.45) is 5.99. The maximum absolute atomic E-state index is 12.0. The highest BCUT2D eigenvalue weighted by molar-refractivity contribution is 6.32. The van der Waals surface area contributed by atoms with E-state index in [0.717, 1.165) is 12.2 Å². The third-order valence-electron chi connectivity index (χ3n) is 3.83. The van der Waals surface area contributed by atoms with Gasteiger partial charge in [-0.25, -0.2) is 0 Å². The van der Waals surface area contributed by atoms with Crippen LogP contribution in [0.3, 0.4) is 0 Å². The molecule has 0 heterocycles. The third-order valence-corrected chi connectivity index (χ3v) is 4.14. The molecule has 2 rings (SSSR count). The van der Waals surface area contributed by atoms with E-state index in [4.69, 9.17) is 21.1 Å². The molecular weight excluding hydrogens is 350 g/mol. The van der Waals surface area contributed by atoms with E-state index in [2.05, 4.69) is 12.2 Å². The van der Waals surface area contributed by atoms with Crippen LogP contribution in [0.1, 0.15) is 39.0 Å². The van der Waals surface area contributed by atoms with Crippen LogP contribution in [0.15, 0.2) is 48.5 Å². The molecule has 1 amide bonds. The maximum atomic E-state index is 12.0. The number of halogens is 1. The Bertz CT molecular complexity index is 690. The number of hydrogen-bond donors (Lipinski definition) is 1. The van der Waals surface area contributed by atoms with Crippen LogP contribution in [0.2, 0.25) is 5.02 Å². The molecular formula is C21H26ClNO3. The van der Waals surface area contributed by atoms with E-state index in [9.17, 15) is 4.79 Å². The van der Waals surface area contributed by atoms with Gasteiger partial charge < -0.3 is 14.8 Å². The number of nitrogens with one attached hydrogen (secondary N) is 1. The summed E-state index contributed by atoms with van der Waals surface area (Å²) in [5.74, 6) is 0.997. The highest BCUT2D eigenvalue weighted by atomic mass is 35.5. The number of carbonyl (C=O) groups is 1. The first kappa shape index (κ1) is 20.1. The van der Waals surface area contributed by atoms with Gasteiger partial charge in [-0.05, 0) is 30.7 Å². The minimum atomic E-state index is -0.248. The zero-order chi connectivity index (χ0) is 18.6. The molecule has 0 unspecified atom stereocenters. The molecule has 0 spiro atoms. The smallest absolute Gasteiger partial charge is 0.262 e. The quantitative estimate of drug-likeness (QED) is 0.512. The molecule has 2 aromatic carbocycles. The van der Waals surface area contributed by atoms with Crippen molar-refractivity contribution < 1.29 is 14.3 Å². The van der Waals surface area contributed by atoms with Crippen LogP contribution in [0.4, 0.5) is 5.69 Å². The standard InChI is InChI=1S/C21H26ClNO3/c1-2-3-4-5-8-14-25-18-11-9-10-17(15-18)23-21(24)16-26-20-13-7-6-12-19(20)22/h6-7,9-13,15H,2-5,8,14,16H2,1H3,(H,23,24). The first-order valence-electron chi connectivity index (χ1n) is 9.09. The van der Waals surface area contributed by atoms with Crippen molar-refractivity contribution in [3.05, 3.63) is 53.6 Å². The number of ether oxygens (including phenoxy) is 2. The molecule has 5 heteroatoms. The van der Waals surface area contributed by atoms with Gasteiger partial charge in [-0.2, -0.15) is 0 Å². The fraction of sp³-hybridized carbons (Fsp3) is 0.381. The molecule has 26 heavy (non-hydrogen) atoms. The van der Waals surface area contributed by atoms with Gasteiger partial charge in [0.25, 0.3) is 5.91 Å². The number of rotatable bonds is 11. The lowest BCUT2D eigenvalue weighted by atomic mass is 10.2. The second kappa shape index (κ2) is 11.4. The van der Waals surface area contributed by atoms with Crippen molar-refractivity contribution in [3.63, 3.8) is 0 Å². The van der Waals surface area contributed by atoms with E-state index in [-0.39, 0.29) is 12.5 Å². The van der Waals surface area contributed by atoms with Gasteiger partial charge in [-0.15, -0.1) is 0 Å². The summed E-state index contributed by atoms with van der Waals surface area (Å²) >= 11 is 6.00. The van der Waals surface area contributed by atoms with Crippen molar-refractivity contribution in [2.75, 3.05) is 18.5 Å². The monoisotopic (exact) mass is 375 g/mol. The third kappa shape index (κ3) is 7.36. The van der Waals surface area contributed by atoms with E-state index >= 15 is 0 Å². The van der Waals surface area contributed by atoms with Gasteiger partial charge in [0, 0.05) is 11.8 Å². The molecule has 0 saturated heterocycles. The first-order chi connectivity index (χ1) is 12.7. The molecule has 140 valence electrons. The predicted molar refractivity (Wildman–Crippen MR) is 106 cm³/mol. The topological polar surface area (TPSA) is 47.6 Å². The first-order valence-corrected chi connectivity index (χ1v) is 9.47. The average molecular weight is 376 g/mol. The summed E-state index contributed by atoms with van der Waals surface area (Å²) in [4.78, 5) is 12.0. The van der Waals surface area contributed by atoms with E-state index in [0.29, 0.717) is 23.1 Å². The van der Waals surface area contributed by atoms with Gasteiger partial charge in [0.15, 0.2) is 6.61 Å². The zero-order valence-electron chi connectivity index (χ0n) is 15.2. The average Bonchev–Trinajstić information content (AvgIpc) is 2.64. The van der Waals surface area contributed by atoms with E-state index in [1.165, 1.54) is 25.7 Å². The Morgan fingerprint density at radius 2 is 1.81 bits per heavy atom. The van der Waals surface area contributed by atoms with Crippen molar-refractivity contribution in [1.29, 1.82) is 0 Å². The Labute approximate surface area is 160 Å². The van der Waals surface area contributed by atoms with Crippen LogP contribution >= 0.6 is 11.6 Å². The van der Waals surface area contributed by atoms with Gasteiger partial charge in [0.1, 0.15) is 11.5 Å². The number of unbranched alkanes of at least 4 members (excludes halogenated alkanes) is 4. The molecule has 0 atom stereocenters. The highest BCUT2D eigenvalue weighted by Gasteiger charge is 2.06. The second-order valence-corrected chi connectivity index (χ2v) is 6.46. The molecule has 0 fully saturated rings. The summed E-state index contributed by atoms with van der Waals surface area (Å²) in [7, 11) is 0. The summed E-state index contributed by atoms with van der Waals surface area (Å²) in [5, 5.41) is 3.28. The number of carbonyl (C=O) groups excluding carboxylic acids is 1. The molecule has 0 bridgehead atoms. The number of benzene rings is 2. The highest BCUT2D eigenvalue weighted by Crippen LogP contribution is 2.23. The number of amides is 1. The van der Waals surface area contributed by atoms with E-state index in [1.54, 1.807) is 12.1 Å². The summed E-state index contributed by atoms with van der Waals surface area (Å²) < 4.78 is 11.2. The van der Waals surface area contributed by atoms with Gasteiger partial charge in [0.2, 0.25) is 0 Å². The number of hydrogen-bond acceptors (Lipinski definition) is 3. The van der Waals surface area contributed by atoms with Crippen molar-refractivity contribution in [1.82, 2.24) is 0 Å². The van der Waals surface area contributed by atoms with Crippen LogP contribution in [0, 0.1) is 0 Å². The second-order valence-electron chi connectivity index (χ2n) is 6.06. The zero-order valence-corrected chi connectivity index (χ0v) is 15.9. The fourth-order valence-corrected chi connectivity index (χ4v) is 2.65. The Kier molecular flexibility index (Phi) is 8.84. The molecule has 0 saturated carbocycles. The molecule has 0 aromatic heterocycles. The van der Waals surface area contributed by atoms with Crippen LogP contribution in [0.25, 0.3) is 0 Å². The molecule has 0 aliphatic rings. The van der Waals surface area contributed by atoms with Crippen molar-refractivity contribution in [3.8, 4) is 11.5 Å². The molecule has 0 radical (unpaired) electrons. The van der Waals surface area contributed by atoms with Crippen LogP contribution < -0.4 is 14.8 Å². The summed E-state index contributed by atoms with van der Waals surface area (Å²) in [6.45, 7) is 2.79. The van der Waals surface area contributed by atoms with Crippen molar-refractivity contribution in [2.24, 2.45) is 0 Å². The Balaban J connectivity index is 1.75. The van der Waals surface area contributed by atoms with Crippen molar-refractivity contribution in [2.45, 2.75) is 39.0 Å². The number of para-hydroxylation sites is 1. The summed E-state index contributed by atoms with van der Waals surface area (Å²) in [6, 6.07) is 14.5. The molecule has 0 aliphatic carbocycles. The van der Waals surface area contributed by atoms with Crippen LogP contribution in [-0.4, -0.2) is 19.1 Å². The minimum Gasteiger partial charge on any atom is -0.494 e. The summed E-state index contributed by atoms with van der Waals surface area (Å²) in [5.41, 5.74) is 0.682. The van der Waals surface area contributed by atoms with Gasteiger partial charge in [-0.3, -0.25) is 4.79 Å². The molecule has 4 nitrogen and oxygen atoms in total. The molecule has 2 aromatic rings. The SMILES string of the molecule is CCCCCCCOc1cccc(NC(=O)COc2ccccc2Cl)c1. The van der Waals surface area contributed by atoms with E-state index < -0.39 is 0 Å². The molecule has 0 aliphatic heterocycles. The normalized spacial score (nSPS) is 10.4.